The van der Waals surface area contributed by atoms with E-state index in [0.29, 0.717) is 0 Å². The van der Waals surface area contributed by atoms with Gasteiger partial charge in [-0.15, -0.1) is 0 Å². The predicted molar refractivity (Wildman–Crippen MR) is 91.7 cm³/mol. The molecule has 0 spiro atoms. The largest absolute Gasteiger partial charge is 0.399 e. The third kappa shape index (κ3) is 5.37. The molecule has 0 aliphatic heterocycles. The minimum Gasteiger partial charge on any atom is -0.399 e. The molecule has 3 rings (SSSR count). The molecule has 0 bridgehead atoms. The van der Waals surface area contributed by atoms with Crippen molar-refractivity contribution in [2.45, 2.75) is 7.43 Å². The molecule has 1 heterocycles. The molecule has 4 N–H and O–H groups in total. The summed E-state index contributed by atoms with van der Waals surface area (Å²) in [7, 11) is 0. The average molecular weight is 279 g/mol. The van der Waals surface area contributed by atoms with Crippen molar-refractivity contribution in [3.63, 3.8) is 0 Å². The zero-order valence-corrected chi connectivity index (χ0v) is 11.1. The Morgan fingerprint density at radius 2 is 0.952 bits per heavy atom. The van der Waals surface area contributed by atoms with Crippen molar-refractivity contribution >= 4 is 11.4 Å². The molecule has 0 saturated heterocycles. The second kappa shape index (κ2) is 8.38. The number of hydrogen-bond donors (Lipinski definition) is 2. The van der Waals surface area contributed by atoms with Gasteiger partial charge in [-0.1, -0.05) is 37.8 Å². The summed E-state index contributed by atoms with van der Waals surface area (Å²) >= 11 is 0. The van der Waals surface area contributed by atoms with Gasteiger partial charge in [0.25, 0.3) is 0 Å². The molecule has 0 radical (unpaired) electrons. The molecule has 2 aromatic carbocycles. The van der Waals surface area contributed by atoms with Crippen LogP contribution in [0.15, 0.2) is 79.1 Å². The number of anilines is 2. The van der Waals surface area contributed by atoms with Crippen LogP contribution in [0.2, 0.25) is 0 Å². The van der Waals surface area contributed by atoms with Gasteiger partial charge in [-0.3, -0.25) is 4.98 Å². The number of pyridine rings is 1. The van der Waals surface area contributed by atoms with Gasteiger partial charge >= 0.3 is 0 Å². The summed E-state index contributed by atoms with van der Waals surface area (Å²) in [5, 5.41) is 0. The normalized spacial score (nSPS) is 8.95. The highest BCUT2D eigenvalue weighted by atomic mass is 14.6. The van der Waals surface area contributed by atoms with Gasteiger partial charge in [-0.2, -0.15) is 0 Å². The monoisotopic (exact) mass is 279 g/mol. The van der Waals surface area contributed by atoms with Crippen LogP contribution in [-0.2, 0) is 0 Å². The highest BCUT2D eigenvalue weighted by Crippen LogP contribution is 2.21. The van der Waals surface area contributed by atoms with Crippen molar-refractivity contribution in [3.05, 3.63) is 79.1 Å². The lowest BCUT2D eigenvalue weighted by atomic mass is 10.1. The fraction of sp³-hybridized carbons (Fsp3) is 0.0556. The van der Waals surface area contributed by atoms with Crippen molar-refractivity contribution in [2.24, 2.45) is 0 Å². The van der Waals surface area contributed by atoms with Crippen LogP contribution in [0.25, 0.3) is 11.1 Å². The van der Waals surface area contributed by atoms with Gasteiger partial charge < -0.3 is 11.5 Å². The first kappa shape index (κ1) is 16.2. The van der Waals surface area contributed by atoms with Crippen molar-refractivity contribution in [3.8, 4) is 11.1 Å². The first-order valence-electron chi connectivity index (χ1n) is 6.32. The predicted octanol–water partition coefficient (Wildman–Crippen LogP) is 4.24. The lowest BCUT2D eigenvalue weighted by Gasteiger charge is -2.02. The Morgan fingerprint density at radius 1 is 0.571 bits per heavy atom. The Hall–Kier alpha value is -2.81. The Balaban J connectivity index is 0.000000267. The molecule has 3 aromatic rings. The number of nitrogens with zero attached hydrogens (tertiary/aromatic N) is 1. The van der Waals surface area contributed by atoms with E-state index in [4.69, 9.17) is 11.5 Å². The Kier molecular flexibility index (Phi) is 6.48. The lowest BCUT2D eigenvalue weighted by molar-refractivity contribution is 1.33. The van der Waals surface area contributed by atoms with Gasteiger partial charge in [-0.05, 0) is 47.5 Å². The third-order valence-electron chi connectivity index (χ3n) is 2.72. The molecule has 108 valence electrons. The lowest BCUT2D eigenvalue weighted by Crippen LogP contribution is -1.85. The highest BCUT2D eigenvalue weighted by Gasteiger charge is 1.95. The minimum absolute atomic E-state index is 0. The number of nitrogens with two attached hydrogens (primary N) is 2. The summed E-state index contributed by atoms with van der Waals surface area (Å²) in [4.78, 5) is 3.78. The Labute approximate surface area is 126 Å². The second-order valence-electron chi connectivity index (χ2n) is 4.27. The zero-order chi connectivity index (χ0) is 14.2. The van der Waals surface area contributed by atoms with Crippen molar-refractivity contribution in [1.29, 1.82) is 0 Å². The van der Waals surface area contributed by atoms with Gasteiger partial charge in [-0.25, -0.2) is 0 Å². The SMILES string of the molecule is C.Nc1ccc(-c2ccc(N)cc2)cc1.c1ccncc1. The molecule has 3 nitrogen and oxygen atoms in total. The second-order valence-corrected chi connectivity index (χ2v) is 4.27. The molecule has 0 aliphatic carbocycles. The maximum atomic E-state index is 5.61. The molecule has 1 aromatic heterocycles. The van der Waals surface area contributed by atoms with Gasteiger partial charge in [0.1, 0.15) is 0 Å². The van der Waals surface area contributed by atoms with Crippen LogP contribution in [0.3, 0.4) is 0 Å². The topological polar surface area (TPSA) is 64.9 Å². The molecule has 0 atom stereocenters. The first-order chi connectivity index (χ1) is 9.75. The molecule has 0 fully saturated rings. The maximum Gasteiger partial charge on any atom is 0.0314 e. The minimum atomic E-state index is 0. The summed E-state index contributed by atoms with van der Waals surface area (Å²) in [5.74, 6) is 0. The van der Waals surface area contributed by atoms with Crippen LogP contribution < -0.4 is 11.5 Å². The molecule has 0 amide bonds. The third-order valence-corrected chi connectivity index (χ3v) is 2.72. The van der Waals surface area contributed by atoms with E-state index >= 15 is 0 Å². The number of nitrogen functional groups attached to an aromatic ring is 2. The van der Waals surface area contributed by atoms with Crippen LogP contribution in [0, 0.1) is 0 Å². The van der Waals surface area contributed by atoms with Gasteiger partial charge in [0.2, 0.25) is 0 Å². The molecule has 0 saturated carbocycles. The van der Waals surface area contributed by atoms with Crippen molar-refractivity contribution in [1.82, 2.24) is 4.98 Å². The summed E-state index contributed by atoms with van der Waals surface area (Å²) < 4.78 is 0. The fourth-order valence-electron chi connectivity index (χ4n) is 1.66. The van der Waals surface area contributed by atoms with E-state index in [-0.39, 0.29) is 7.43 Å². The highest BCUT2D eigenvalue weighted by molar-refractivity contribution is 5.67. The maximum absolute atomic E-state index is 5.61. The first-order valence-corrected chi connectivity index (χ1v) is 6.32. The van der Waals surface area contributed by atoms with Crippen LogP contribution in [0.4, 0.5) is 11.4 Å². The summed E-state index contributed by atoms with van der Waals surface area (Å²) in [6.07, 6.45) is 3.50. The van der Waals surface area contributed by atoms with E-state index in [2.05, 4.69) is 4.98 Å². The summed E-state index contributed by atoms with van der Waals surface area (Å²) in [6, 6.07) is 21.3. The fourth-order valence-corrected chi connectivity index (χ4v) is 1.66. The molecular weight excluding hydrogens is 258 g/mol. The number of benzene rings is 2. The van der Waals surface area contributed by atoms with Crippen LogP contribution in [0.1, 0.15) is 7.43 Å². The van der Waals surface area contributed by atoms with E-state index in [1.807, 2.05) is 66.7 Å². The molecule has 0 aliphatic rings. The number of rotatable bonds is 1. The average Bonchev–Trinajstić information content (AvgIpc) is 2.51. The van der Waals surface area contributed by atoms with Crippen molar-refractivity contribution < 1.29 is 0 Å². The zero-order valence-electron chi connectivity index (χ0n) is 11.1. The van der Waals surface area contributed by atoms with E-state index in [0.717, 1.165) is 22.5 Å². The number of aromatic nitrogens is 1. The van der Waals surface area contributed by atoms with E-state index in [1.54, 1.807) is 12.4 Å². The smallest absolute Gasteiger partial charge is 0.0314 e. The van der Waals surface area contributed by atoms with Gasteiger partial charge in [0.15, 0.2) is 0 Å². The van der Waals surface area contributed by atoms with Gasteiger partial charge in [0.05, 0.1) is 0 Å². The van der Waals surface area contributed by atoms with Crippen LogP contribution in [-0.4, -0.2) is 4.98 Å². The van der Waals surface area contributed by atoms with Crippen molar-refractivity contribution in [2.75, 3.05) is 11.5 Å². The Bertz CT molecular complexity index is 547. The van der Waals surface area contributed by atoms with Crippen LogP contribution in [0.5, 0.6) is 0 Å². The molecular formula is C18H21N3. The Morgan fingerprint density at radius 3 is 1.19 bits per heavy atom. The molecule has 3 heteroatoms. The number of hydrogen-bond acceptors (Lipinski definition) is 3. The van der Waals surface area contributed by atoms with Crippen LogP contribution >= 0.6 is 0 Å². The van der Waals surface area contributed by atoms with E-state index in [1.165, 1.54) is 0 Å². The molecule has 21 heavy (non-hydrogen) atoms. The standard InChI is InChI=1S/C12H12N2.C5H5N.CH4/c13-11-5-1-9(2-6-11)10-3-7-12(14)8-4-10;1-2-4-6-5-3-1;/h1-8H,13-14H2;1-5H;1H4. The molecule has 0 unspecified atom stereocenters. The van der Waals surface area contributed by atoms with E-state index in [9.17, 15) is 0 Å². The summed E-state index contributed by atoms with van der Waals surface area (Å²) in [6.45, 7) is 0. The quantitative estimate of drug-likeness (QED) is 0.655. The summed E-state index contributed by atoms with van der Waals surface area (Å²) in [5.41, 5.74) is 15.1. The van der Waals surface area contributed by atoms with E-state index < -0.39 is 0 Å². The van der Waals surface area contributed by atoms with Gasteiger partial charge in [0, 0.05) is 23.8 Å².